The Kier molecular flexibility index (Phi) is 5.00. The third-order valence-corrected chi connectivity index (χ3v) is 4.46. The predicted octanol–water partition coefficient (Wildman–Crippen LogP) is 1.42. The van der Waals surface area contributed by atoms with Crippen molar-refractivity contribution in [3.05, 3.63) is 22.4 Å². The van der Waals surface area contributed by atoms with E-state index in [0.717, 1.165) is 12.1 Å². The fourth-order valence-electron chi connectivity index (χ4n) is 2.59. The smallest absolute Gasteiger partial charge is 0.254 e. The van der Waals surface area contributed by atoms with E-state index in [0.29, 0.717) is 26.2 Å². The number of amides is 2. The molecular formula is C15H23N3O2S. The Bertz CT molecular complexity index is 491. The first-order valence-electron chi connectivity index (χ1n) is 7.31. The lowest BCUT2D eigenvalue weighted by Gasteiger charge is -2.38. The van der Waals surface area contributed by atoms with Crippen molar-refractivity contribution in [2.75, 3.05) is 32.7 Å². The predicted molar refractivity (Wildman–Crippen MR) is 84.6 cm³/mol. The molecule has 2 heterocycles. The Morgan fingerprint density at radius 1 is 1.24 bits per heavy atom. The first kappa shape index (κ1) is 16.0. The van der Waals surface area contributed by atoms with E-state index in [9.17, 15) is 9.59 Å². The van der Waals surface area contributed by atoms with Crippen molar-refractivity contribution >= 4 is 23.2 Å². The van der Waals surface area contributed by atoms with Crippen molar-refractivity contribution < 1.29 is 9.59 Å². The van der Waals surface area contributed by atoms with Gasteiger partial charge in [0.25, 0.3) is 5.91 Å². The van der Waals surface area contributed by atoms with Gasteiger partial charge < -0.3 is 15.1 Å². The molecule has 0 radical (unpaired) electrons. The number of hydrogen-bond donors (Lipinski definition) is 1. The summed E-state index contributed by atoms with van der Waals surface area (Å²) in [5, 5.41) is 6.98. The van der Waals surface area contributed by atoms with E-state index in [1.807, 2.05) is 47.4 Å². The maximum absolute atomic E-state index is 12.5. The van der Waals surface area contributed by atoms with Gasteiger partial charge in [0, 0.05) is 31.6 Å². The van der Waals surface area contributed by atoms with Crippen molar-refractivity contribution in [3.63, 3.8) is 0 Å². The van der Waals surface area contributed by atoms with Crippen LogP contribution in [-0.2, 0) is 4.79 Å². The van der Waals surface area contributed by atoms with Gasteiger partial charge in [-0.1, -0.05) is 6.92 Å². The number of rotatable bonds is 4. The van der Waals surface area contributed by atoms with Gasteiger partial charge in [0.05, 0.1) is 11.1 Å². The molecule has 0 bridgehead atoms. The molecular weight excluding hydrogens is 286 g/mol. The Balaban J connectivity index is 1.91. The minimum atomic E-state index is -0.547. The second kappa shape index (κ2) is 6.58. The molecule has 1 aromatic rings. The molecule has 1 saturated heterocycles. The normalized spacial score (nSPS) is 16.1. The molecule has 21 heavy (non-hydrogen) atoms. The van der Waals surface area contributed by atoms with E-state index in [1.165, 1.54) is 11.3 Å². The molecule has 5 nitrogen and oxygen atoms in total. The maximum Gasteiger partial charge on any atom is 0.254 e. The summed E-state index contributed by atoms with van der Waals surface area (Å²) in [5.41, 5.74) is 0.196. The standard InChI is InChI=1S/C15H23N3O2S/c1-4-16-15(2,3)14(20)18-8-6-17(7-9-18)13(19)12-5-10-21-11-12/h5,10-11,16H,4,6-9H2,1-3H3. The Morgan fingerprint density at radius 2 is 1.86 bits per heavy atom. The first-order valence-corrected chi connectivity index (χ1v) is 8.26. The van der Waals surface area contributed by atoms with Crippen LogP contribution in [0.15, 0.2) is 16.8 Å². The van der Waals surface area contributed by atoms with Crippen LogP contribution in [0.4, 0.5) is 0 Å². The third-order valence-electron chi connectivity index (χ3n) is 3.78. The van der Waals surface area contributed by atoms with E-state index < -0.39 is 5.54 Å². The third kappa shape index (κ3) is 3.63. The molecule has 1 fully saturated rings. The fraction of sp³-hybridized carbons (Fsp3) is 0.600. The Hall–Kier alpha value is -1.40. The molecule has 0 aromatic carbocycles. The molecule has 2 rings (SSSR count). The van der Waals surface area contributed by atoms with Crippen molar-refractivity contribution in [1.82, 2.24) is 15.1 Å². The van der Waals surface area contributed by atoms with Gasteiger partial charge in [-0.15, -0.1) is 0 Å². The highest BCUT2D eigenvalue weighted by molar-refractivity contribution is 7.08. The van der Waals surface area contributed by atoms with Gasteiger partial charge in [-0.25, -0.2) is 0 Å². The molecule has 0 aliphatic carbocycles. The average Bonchev–Trinajstić information content (AvgIpc) is 3.00. The van der Waals surface area contributed by atoms with Crippen molar-refractivity contribution in [1.29, 1.82) is 0 Å². The highest BCUT2D eigenvalue weighted by Gasteiger charge is 2.33. The summed E-state index contributed by atoms with van der Waals surface area (Å²) < 4.78 is 0. The summed E-state index contributed by atoms with van der Waals surface area (Å²) in [4.78, 5) is 28.4. The molecule has 1 N–H and O–H groups in total. The van der Waals surface area contributed by atoms with Crippen LogP contribution < -0.4 is 5.32 Å². The maximum atomic E-state index is 12.5. The lowest BCUT2D eigenvalue weighted by molar-refractivity contribution is -0.138. The van der Waals surface area contributed by atoms with E-state index in [1.54, 1.807) is 0 Å². The number of carbonyl (C=O) groups excluding carboxylic acids is 2. The highest BCUT2D eigenvalue weighted by atomic mass is 32.1. The molecule has 0 unspecified atom stereocenters. The Morgan fingerprint density at radius 3 is 2.38 bits per heavy atom. The van der Waals surface area contributed by atoms with Gasteiger partial charge >= 0.3 is 0 Å². The van der Waals surface area contributed by atoms with Gasteiger partial charge in [-0.05, 0) is 31.8 Å². The van der Waals surface area contributed by atoms with Crippen LogP contribution in [0.3, 0.4) is 0 Å². The number of hydrogen-bond acceptors (Lipinski definition) is 4. The van der Waals surface area contributed by atoms with Crippen LogP contribution in [0.1, 0.15) is 31.1 Å². The highest BCUT2D eigenvalue weighted by Crippen LogP contribution is 2.14. The number of nitrogens with one attached hydrogen (secondary N) is 1. The number of piperazine rings is 1. The summed E-state index contributed by atoms with van der Waals surface area (Å²) in [7, 11) is 0. The van der Waals surface area contributed by atoms with E-state index >= 15 is 0 Å². The number of thiophene rings is 1. The van der Waals surface area contributed by atoms with Crippen LogP contribution >= 0.6 is 11.3 Å². The molecule has 1 aromatic heterocycles. The lowest BCUT2D eigenvalue weighted by atomic mass is 10.0. The van der Waals surface area contributed by atoms with Crippen LogP contribution in [0, 0.1) is 0 Å². The lowest BCUT2D eigenvalue weighted by Crippen LogP contribution is -2.59. The SMILES string of the molecule is CCNC(C)(C)C(=O)N1CCN(C(=O)c2ccsc2)CC1. The summed E-state index contributed by atoms with van der Waals surface area (Å²) in [6.07, 6.45) is 0. The second-order valence-electron chi connectivity index (χ2n) is 5.75. The van der Waals surface area contributed by atoms with Gasteiger partial charge in [-0.3, -0.25) is 9.59 Å². The summed E-state index contributed by atoms with van der Waals surface area (Å²) in [6.45, 7) is 8.96. The topological polar surface area (TPSA) is 52.7 Å². The zero-order valence-electron chi connectivity index (χ0n) is 12.9. The van der Waals surface area contributed by atoms with Crippen molar-refractivity contribution in [2.24, 2.45) is 0 Å². The Labute approximate surface area is 129 Å². The number of carbonyl (C=O) groups is 2. The minimum absolute atomic E-state index is 0.0642. The van der Waals surface area contributed by atoms with Gasteiger partial charge in [0.1, 0.15) is 0 Å². The average molecular weight is 309 g/mol. The molecule has 0 spiro atoms. The molecule has 0 atom stereocenters. The van der Waals surface area contributed by atoms with Crippen LogP contribution in [0.25, 0.3) is 0 Å². The largest absolute Gasteiger partial charge is 0.338 e. The zero-order valence-corrected chi connectivity index (χ0v) is 13.7. The second-order valence-corrected chi connectivity index (χ2v) is 6.53. The molecule has 116 valence electrons. The van der Waals surface area contributed by atoms with Crippen molar-refractivity contribution in [2.45, 2.75) is 26.3 Å². The molecule has 1 aliphatic rings. The van der Waals surface area contributed by atoms with Gasteiger partial charge in [0.15, 0.2) is 0 Å². The summed E-state index contributed by atoms with van der Waals surface area (Å²) in [6, 6.07) is 1.85. The summed E-state index contributed by atoms with van der Waals surface area (Å²) >= 11 is 1.53. The minimum Gasteiger partial charge on any atom is -0.338 e. The van der Waals surface area contributed by atoms with Crippen molar-refractivity contribution in [3.8, 4) is 0 Å². The molecule has 0 saturated carbocycles. The monoisotopic (exact) mass is 309 g/mol. The van der Waals surface area contributed by atoms with E-state index in [-0.39, 0.29) is 11.8 Å². The number of nitrogens with zero attached hydrogens (tertiary/aromatic N) is 2. The van der Waals surface area contributed by atoms with Crippen LogP contribution in [-0.4, -0.2) is 59.9 Å². The quantitative estimate of drug-likeness (QED) is 0.915. The fourth-order valence-corrected chi connectivity index (χ4v) is 3.22. The molecule has 2 amide bonds. The van der Waals surface area contributed by atoms with Gasteiger partial charge in [0.2, 0.25) is 5.91 Å². The van der Waals surface area contributed by atoms with E-state index in [4.69, 9.17) is 0 Å². The number of likely N-dealkylation sites (N-methyl/N-ethyl adjacent to an activating group) is 1. The molecule has 1 aliphatic heterocycles. The molecule has 6 heteroatoms. The zero-order chi connectivity index (χ0) is 15.5. The van der Waals surface area contributed by atoms with E-state index in [2.05, 4.69) is 5.32 Å². The van der Waals surface area contributed by atoms with Crippen LogP contribution in [0.2, 0.25) is 0 Å². The van der Waals surface area contributed by atoms with Crippen LogP contribution in [0.5, 0.6) is 0 Å². The summed E-state index contributed by atoms with van der Waals surface area (Å²) in [5.74, 6) is 0.168. The first-order chi connectivity index (χ1) is 9.95. The van der Waals surface area contributed by atoms with Gasteiger partial charge in [-0.2, -0.15) is 11.3 Å².